The summed E-state index contributed by atoms with van der Waals surface area (Å²) in [7, 11) is 0. The van der Waals surface area contributed by atoms with Crippen LogP contribution in [0.25, 0.3) is 11.1 Å². The van der Waals surface area contributed by atoms with Gasteiger partial charge in [-0.1, -0.05) is 12.1 Å². The van der Waals surface area contributed by atoms with Crippen molar-refractivity contribution >= 4 is 5.69 Å². The van der Waals surface area contributed by atoms with Gasteiger partial charge in [0.25, 0.3) is 0 Å². The van der Waals surface area contributed by atoms with Crippen LogP contribution in [0.4, 0.5) is 5.69 Å². The molecule has 4 heteroatoms. The summed E-state index contributed by atoms with van der Waals surface area (Å²) >= 11 is 0. The normalized spacial score (nSPS) is 9.80. The summed E-state index contributed by atoms with van der Waals surface area (Å²) in [6.07, 6.45) is 3.58. The van der Waals surface area contributed by atoms with Crippen LogP contribution in [0.2, 0.25) is 0 Å². The Labute approximate surface area is 87.6 Å². The number of nitrogen functional groups attached to an aromatic ring is 1. The van der Waals surface area contributed by atoms with Gasteiger partial charge in [0.2, 0.25) is 0 Å². The largest absolute Gasteiger partial charge is 0.399 e. The molecule has 0 saturated carbocycles. The number of hydrogen-bond acceptors (Lipinski definition) is 3. The van der Waals surface area contributed by atoms with Crippen LogP contribution in [-0.2, 0) is 6.54 Å². The van der Waals surface area contributed by atoms with E-state index in [1.165, 1.54) is 0 Å². The Hall–Kier alpha value is -2.28. The smallest absolute Gasteiger partial charge is 0.128 e. The first-order chi connectivity index (χ1) is 7.29. The van der Waals surface area contributed by atoms with Gasteiger partial charge in [-0.3, -0.25) is 4.68 Å². The first-order valence-electron chi connectivity index (χ1n) is 4.55. The molecule has 1 aromatic carbocycles. The minimum absolute atomic E-state index is 0.273. The van der Waals surface area contributed by atoms with Crippen LogP contribution in [0.1, 0.15) is 0 Å². The Bertz CT molecular complexity index is 490. The van der Waals surface area contributed by atoms with E-state index in [4.69, 9.17) is 11.0 Å². The SMILES string of the molecule is N#CCn1cc(-c2ccc(N)cc2)cn1. The van der Waals surface area contributed by atoms with Crippen molar-refractivity contribution in [1.29, 1.82) is 5.26 Å². The molecule has 1 aromatic heterocycles. The molecule has 0 atom stereocenters. The summed E-state index contributed by atoms with van der Waals surface area (Å²) in [6.45, 7) is 0.273. The van der Waals surface area contributed by atoms with Crippen molar-refractivity contribution in [3.05, 3.63) is 36.7 Å². The highest BCUT2D eigenvalue weighted by Crippen LogP contribution is 2.19. The van der Waals surface area contributed by atoms with Crippen molar-refractivity contribution in [3.8, 4) is 17.2 Å². The average molecular weight is 198 g/mol. The number of hydrogen-bond donors (Lipinski definition) is 1. The highest BCUT2D eigenvalue weighted by molar-refractivity contribution is 5.63. The highest BCUT2D eigenvalue weighted by Gasteiger charge is 2.00. The molecule has 2 N–H and O–H groups in total. The molecule has 0 fully saturated rings. The van der Waals surface area contributed by atoms with Crippen molar-refractivity contribution in [2.24, 2.45) is 0 Å². The molecule has 0 bridgehead atoms. The molecule has 0 aliphatic carbocycles. The summed E-state index contributed by atoms with van der Waals surface area (Å²) in [4.78, 5) is 0. The van der Waals surface area contributed by atoms with Gasteiger partial charge < -0.3 is 5.73 Å². The van der Waals surface area contributed by atoms with Crippen LogP contribution in [0, 0.1) is 11.3 Å². The molecule has 1 heterocycles. The van der Waals surface area contributed by atoms with E-state index in [9.17, 15) is 0 Å². The lowest BCUT2D eigenvalue weighted by molar-refractivity contribution is 0.710. The van der Waals surface area contributed by atoms with Crippen molar-refractivity contribution in [2.45, 2.75) is 6.54 Å². The molecule has 0 amide bonds. The fraction of sp³-hybridized carbons (Fsp3) is 0.0909. The minimum atomic E-state index is 0.273. The number of anilines is 1. The Morgan fingerprint density at radius 3 is 2.67 bits per heavy atom. The summed E-state index contributed by atoms with van der Waals surface area (Å²) < 4.78 is 1.60. The van der Waals surface area contributed by atoms with Gasteiger partial charge in [0.1, 0.15) is 6.54 Å². The van der Waals surface area contributed by atoms with E-state index < -0.39 is 0 Å². The van der Waals surface area contributed by atoms with Crippen LogP contribution in [0.15, 0.2) is 36.7 Å². The van der Waals surface area contributed by atoms with Crippen LogP contribution in [0.3, 0.4) is 0 Å². The van der Waals surface area contributed by atoms with Crippen LogP contribution in [-0.4, -0.2) is 9.78 Å². The molecule has 0 saturated heterocycles. The maximum Gasteiger partial charge on any atom is 0.128 e. The van der Waals surface area contributed by atoms with Crippen LogP contribution < -0.4 is 5.73 Å². The molecule has 0 radical (unpaired) electrons. The van der Waals surface area contributed by atoms with E-state index in [1.54, 1.807) is 10.9 Å². The molecule has 0 spiro atoms. The molecule has 2 aromatic rings. The van der Waals surface area contributed by atoms with Gasteiger partial charge in [-0.05, 0) is 17.7 Å². The molecule has 15 heavy (non-hydrogen) atoms. The van der Waals surface area contributed by atoms with E-state index in [0.29, 0.717) is 0 Å². The molecule has 0 aliphatic heterocycles. The van der Waals surface area contributed by atoms with E-state index in [-0.39, 0.29) is 6.54 Å². The average Bonchev–Trinajstić information content (AvgIpc) is 2.68. The van der Waals surface area contributed by atoms with Crippen LogP contribution >= 0.6 is 0 Å². The zero-order valence-corrected chi connectivity index (χ0v) is 8.09. The van der Waals surface area contributed by atoms with Gasteiger partial charge in [0, 0.05) is 17.4 Å². The summed E-state index contributed by atoms with van der Waals surface area (Å²) in [5, 5.41) is 12.6. The third-order valence-corrected chi connectivity index (χ3v) is 2.11. The second-order valence-corrected chi connectivity index (χ2v) is 3.21. The number of rotatable bonds is 2. The Morgan fingerprint density at radius 1 is 1.27 bits per heavy atom. The molecule has 0 unspecified atom stereocenters. The van der Waals surface area contributed by atoms with E-state index >= 15 is 0 Å². The number of aromatic nitrogens is 2. The van der Waals surface area contributed by atoms with E-state index in [1.807, 2.05) is 36.5 Å². The number of nitrogens with zero attached hydrogens (tertiary/aromatic N) is 3. The summed E-state index contributed by atoms with van der Waals surface area (Å²) in [6, 6.07) is 9.59. The Morgan fingerprint density at radius 2 is 2.00 bits per heavy atom. The second-order valence-electron chi connectivity index (χ2n) is 3.21. The molecule has 0 aliphatic rings. The predicted molar refractivity (Wildman–Crippen MR) is 57.7 cm³/mol. The predicted octanol–water partition coefficient (Wildman–Crippen LogP) is 1.66. The maximum atomic E-state index is 8.51. The monoisotopic (exact) mass is 198 g/mol. The standard InChI is InChI=1S/C11H10N4/c12-5-6-15-8-10(7-14-15)9-1-3-11(13)4-2-9/h1-4,7-8H,6,13H2. The maximum absolute atomic E-state index is 8.51. The molecule has 4 nitrogen and oxygen atoms in total. The quantitative estimate of drug-likeness (QED) is 0.746. The molecular formula is C11H10N4. The highest BCUT2D eigenvalue weighted by atomic mass is 15.3. The van der Waals surface area contributed by atoms with Crippen molar-refractivity contribution < 1.29 is 0 Å². The number of benzene rings is 1. The zero-order chi connectivity index (χ0) is 10.7. The van der Waals surface area contributed by atoms with Crippen molar-refractivity contribution in [1.82, 2.24) is 9.78 Å². The third kappa shape index (κ3) is 1.97. The third-order valence-electron chi connectivity index (χ3n) is 2.11. The molecule has 2 rings (SSSR count). The number of nitrogens with two attached hydrogens (primary N) is 1. The fourth-order valence-corrected chi connectivity index (χ4v) is 1.35. The molecular weight excluding hydrogens is 188 g/mol. The second kappa shape index (κ2) is 3.84. The van der Waals surface area contributed by atoms with Gasteiger partial charge in [0.15, 0.2) is 0 Å². The van der Waals surface area contributed by atoms with Crippen molar-refractivity contribution in [2.75, 3.05) is 5.73 Å². The Balaban J connectivity index is 2.30. The lowest BCUT2D eigenvalue weighted by Gasteiger charge is -1.97. The van der Waals surface area contributed by atoms with Gasteiger partial charge in [-0.25, -0.2) is 0 Å². The number of nitriles is 1. The van der Waals surface area contributed by atoms with Gasteiger partial charge in [-0.15, -0.1) is 0 Å². The first-order valence-corrected chi connectivity index (χ1v) is 4.55. The van der Waals surface area contributed by atoms with Gasteiger partial charge >= 0.3 is 0 Å². The lowest BCUT2D eigenvalue weighted by Crippen LogP contribution is -1.93. The van der Waals surface area contributed by atoms with Gasteiger partial charge in [0.05, 0.1) is 12.3 Å². The minimum Gasteiger partial charge on any atom is -0.399 e. The van der Waals surface area contributed by atoms with Crippen molar-refractivity contribution in [3.63, 3.8) is 0 Å². The fourth-order valence-electron chi connectivity index (χ4n) is 1.35. The van der Waals surface area contributed by atoms with Gasteiger partial charge in [-0.2, -0.15) is 10.4 Å². The van der Waals surface area contributed by atoms with E-state index in [0.717, 1.165) is 16.8 Å². The Kier molecular flexibility index (Phi) is 2.38. The lowest BCUT2D eigenvalue weighted by atomic mass is 10.1. The first kappa shape index (κ1) is 9.28. The summed E-state index contributed by atoms with van der Waals surface area (Å²) in [5.41, 5.74) is 8.37. The van der Waals surface area contributed by atoms with Crippen LogP contribution in [0.5, 0.6) is 0 Å². The molecule has 74 valence electrons. The van der Waals surface area contributed by atoms with E-state index in [2.05, 4.69) is 5.10 Å². The summed E-state index contributed by atoms with van der Waals surface area (Å²) in [5.74, 6) is 0. The topological polar surface area (TPSA) is 67.6 Å². The zero-order valence-electron chi connectivity index (χ0n) is 8.09.